The van der Waals surface area contributed by atoms with E-state index in [0.717, 1.165) is 11.8 Å². The van der Waals surface area contributed by atoms with Gasteiger partial charge in [-0.3, -0.25) is 19.3 Å². The first kappa shape index (κ1) is 18.0. The molecule has 0 bridgehead atoms. The van der Waals surface area contributed by atoms with Crippen molar-refractivity contribution >= 4 is 58.2 Å². The minimum atomic E-state index is -0.910. The Kier molecular flexibility index (Phi) is 5.29. The lowest BCUT2D eigenvalue weighted by molar-refractivity contribution is -0.136. The Labute approximate surface area is 159 Å². The molecule has 1 amide bonds. The van der Waals surface area contributed by atoms with Gasteiger partial charge in [-0.2, -0.15) is 0 Å². The van der Waals surface area contributed by atoms with Crippen molar-refractivity contribution in [1.29, 1.82) is 0 Å². The maximum Gasteiger partial charge on any atom is 0.307 e. The molecule has 1 aliphatic heterocycles. The summed E-state index contributed by atoms with van der Waals surface area (Å²) < 4.78 is 0.414. The van der Waals surface area contributed by atoms with E-state index in [1.54, 1.807) is 54.6 Å². The first-order valence-corrected chi connectivity index (χ1v) is 8.84. The normalized spacial score (nSPS) is 15.5. The van der Waals surface area contributed by atoms with Gasteiger partial charge in [0.05, 0.1) is 17.0 Å². The molecule has 1 heterocycles. The highest BCUT2D eigenvalue weighted by Gasteiger charge is 2.33. The molecule has 1 fully saturated rings. The Balaban J connectivity index is 1.82. The maximum atomic E-state index is 12.7. The molecule has 0 aliphatic carbocycles. The number of carboxylic acids is 1. The van der Waals surface area contributed by atoms with E-state index in [0.29, 0.717) is 26.0 Å². The van der Waals surface area contributed by atoms with Crippen molar-refractivity contribution in [2.45, 2.75) is 6.42 Å². The zero-order valence-corrected chi connectivity index (χ0v) is 15.0. The van der Waals surface area contributed by atoms with Crippen molar-refractivity contribution in [1.82, 2.24) is 0 Å². The molecule has 0 aromatic heterocycles. The number of rotatable bonds is 5. The van der Waals surface area contributed by atoms with Crippen LogP contribution in [0.5, 0.6) is 0 Å². The van der Waals surface area contributed by atoms with Gasteiger partial charge in [-0.05, 0) is 29.3 Å². The van der Waals surface area contributed by atoms with Crippen LogP contribution in [-0.2, 0) is 16.0 Å². The zero-order chi connectivity index (χ0) is 18.7. The standard InChI is InChI=1S/C19H13NO4S2/c21-11-14-3-1-12(2-4-14)9-16-18(24)20(19(25)26-16)15-7-5-13(6-8-15)10-17(22)23/h1-9,11H,10H2,(H,22,23). The van der Waals surface area contributed by atoms with E-state index in [1.165, 1.54) is 16.7 Å². The molecular weight excluding hydrogens is 370 g/mol. The van der Waals surface area contributed by atoms with E-state index in [-0.39, 0.29) is 12.3 Å². The van der Waals surface area contributed by atoms with Crippen LogP contribution in [0.1, 0.15) is 21.5 Å². The van der Waals surface area contributed by atoms with Crippen LogP contribution in [-0.4, -0.2) is 27.6 Å². The third kappa shape index (κ3) is 3.89. The summed E-state index contributed by atoms with van der Waals surface area (Å²) in [4.78, 5) is 36.1. The fourth-order valence-electron chi connectivity index (χ4n) is 2.45. The minimum absolute atomic E-state index is 0.0740. The van der Waals surface area contributed by atoms with Crippen molar-refractivity contribution in [3.8, 4) is 0 Å². The van der Waals surface area contributed by atoms with Crippen molar-refractivity contribution in [2.75, 3.05) is 4.90 Å². The lowest BCUT2D eigenvalue weighted by atomic mass is 10.1. The second-order valence-corrected chi connectivity index (χ2v) is 7.21. The number of benzene rings is 2. The van der Waals surface area contributed by atoms with Gasteiger partial charge in [0.2, 0.25) is 0 Å². The molecule has 0 spiro atoms. The molecule has 0 radical (unpaired) electrons. The van der Waals surface area contributed by atoms with Crippen molar-refractivity contribution in [3.63, 3.8) is 0 Å². The number of aliphatic carboxylic acids is 1. The predicted molar refractivity (Wildman–Crippen MR) is 105 cm³/mol. The highest BCUT2D eigenvalue weighted by atomic mass is 32.2. The van der Waals surface area contributed by atoms with Crippen LogP contribution in [0.4, 0.5) is 5.69 Å². The average Bonchev–Trinajstić information content (AvgIpc) is 2.89. The molecule has 0 saturated carbocycles. The second kappa shape index (κ2) is 7.63. The number of thiocarbonyl (C=S) groups is 1. The lowest BCUT2D eigenvalue weighted by Gasteiger charge is -2.14. The summed E-state index contributed by atoms with van der Waals surface area (Å²) >= 11 is 6.52. The summed E-state index contributed by atoms with van der Waals surface area (Å²) in [6, 6.07) is 13.6. The Morgan fingerprint density at radius 1 is 1.08 bits per heavy atom. The first-order chi connectivity index (χ1) is 12.5. The lowest BCUT2D eigenvalue weighted by Crippen LogP contribution is -2.27. The minimum Gasteiger partial charge on any atom is -0.481 e. The molecule has 1 N–H and O–H groups in total. The number of hydrogen-bond donors (Lipinski definition) is 1. The van der Waals surface area contributed by atoms with Crippen LogP contribution in [0.15, 0.2) is 53.4 Å². The predicted octanol–water partition coefficient (Wildman–Crippen LogP) is 3.53. The summed E-state index contributed by atoms with van der Waals surface area (Å²) in [6.07, 6.45) is 2.42. The number of anilines is 1. The average molecular weight is 383 g/mol. The largest absolute Gasteiger partial charge is 0.481 e. The molecule has 26 heavy (non-hydrogen) atoms. The van der Waals surface area contributed by atoms with Gasteiger partial charge in [-0.1, -0.05) is 60.4 Å². The Morgan fingerprint density at radius 3 is 2.27 bits per heavy atom. The summed E-state index contributed by atoms with van der Waals surface area (Å²) in [5, 5.41) is 8.82. The molecule has 7 heteroatoms. The van der Waals surface area contributed by atoms with Gasteiger partial charge in [0, 0.05) is 5.56 Å². The summed E-state index contributed by atoms with van der Waals surface area (Å²) in [5.74, 6) is -1.14. The number of hydrogen-bond acceptors (Lipinski definition) is 5. The SMILES string of the molecule is O=Cc1ccc(C=C2SC(=S)N(c3ccc(CC(=O)O)cc3)C2=O)cc1. The molecule has 0 atom stereocenters. The molecular formula is C19H13NO4S2. The fraction of sp³-hybridized carbons (Fsp3) is 0.0526. The third-order valence-corrected chi connectivity index (χ3v) is 5.02. The van der Waals surface area contributed by atoms with Crippen LogP contribution in [0, 0.1) is 0 Å². The van der Waals surface area contributed by atoms with Gasteiger partial charge < -0.3 is 5.11 Å². The second-order valence-electron chi connectivity index (χ2n) is 5.54. The Morgan fingerprint density at radius 2 is 1.69 bits per heavy atom. The molecule has 2 aromatic rings. The summed E-state index contributed by atoms with van der Waals surface area (Å²) in [6.45, 7) is 0. The fourth-order valence-corrected chi connectivity index (χ4v) is 3.75. The van der Waals surface area contributed by atoms with Crippen LogP contribution in [0.25, 0.3) is 6.08 Å². The van der Waals surface area contributed by atoms with E-state index in [1.807, 2.05) is 0 Å². The molecule has 3 rings (SSSR count). The summed E-state index contributed by atoms with van der Waals surface area (Å²) in [7, 11) is 0. The number of carbonyl (C=O) groups is 3. The first-order valence-electron chi connectivity index (χ1n) is 7.62. The van der Waals surface area contributed by atoms with Crippen LogP contribution in [0.2, 0.25) is 0 Å². The quantitative estimate of drug-likeness (QED) is 0.484. The van der Waals surface area contributed by atoms with E-state index in [9.17, 15) is 14.4 Å². The number of amides is 1. The third-order valence-electron chi connectivity index (χ3n) is 3.71. The molecule has 5 nitrogen and oxygen atoms in total. The number of carboxylic acid groups (broad SMARTS) is 1. The van der Waals surface area contributed by atoms with Gasteiger partial charge in [0.25, 0.3) is 5.91 Å². The molecule has 130 valence electrons. The van der Waals surface area contributed by atoms with Gasteiger partial charge in [-0.25, -0.2) is 0 Å². The van der Waals surface area contributed by atoms with Crippen molar-refractivity contribution < 1.29 is 19.5 Å². The van der Waals surface area contributed by atoms with Gasteiger partial charge >= 0.3 is 5.97 Å². The summed E-state index contributed by atoms with van der Waals surface area (Å²) in [5.41, 5.74) is 2.61. The highest BCUT2D eigenvalue weighted by molar-refractivity contribution is 8.27. The molecule has 1 saturated heterocycles. The van der Waals surface area contributed by atoms with Gasteiger partial charge in [0.1, 0.15) is 6.29 Å². The van der Waals surface area contributed by atoms with E-state index < -0.39 is 5.97 Å². The van der Waals surface area contributed by atoms with Crippen LogP contribution < -0.4 is 4.90 Å². The van der Waals surface area contributed by atoms with E-state index in [4.69, 9.17) is 17.3 Å². The highest BCUT2D eigenvalue weighted by Crippen LogP contribution is 2.36. The number of nitrogens with zero attached hydrogens (tertiary/aromatic N) is 1. The number of thioether (sulfide) groups is 1. The van der Waals surface area contributed by atoms with Gasteiger partial charge in [-0.15, -0.1) is 0 Å². The van der Waals surface area contributed by atoms with Crippen LogP contribution >= 0.6 is 24.0 Å². The smallest absolute Gasteiger partial charge is 0.307 e. The Hall–Kier alpha value is -2.77. The zero-order valence-electron chi connectivity index (χ0n) is 13.4. The number of carbonyl (C=O) groups excluding carboxylic acids is 2. The molecule has 0 unspecified atom stereocenters. The van der Waals surface area contributed by atoms with Crippen LogP contribution in [0.3, 0.4) is 0 Å². The number of aldehydes is 1. The van der Waals surface area contributed by atoms with Crippen molar-refractivity contribution in [3.05, 3.63) is 70.1 Å². The van der Waals surface area contributed by atoms with Gasteiger partial charge in [0.15, 0.2) is 4.32 Å². The topological polar surface area (TPSA) is 74.7 Å². The van der Waals surface area contributed by atoms with E-state index >= 15 is 0 Å². The molecule has 2 aromatic carbocycles. The van der Waals surface area contributed by atoms with E-state index in [2.05, 4.69) is 0 Å². The monoisotopic (exact) mass is 383 g/mol. The van der Waals surface area contributed by atoms with Crippen molar-refractivity contribution in [2.24, 2.45) is 0 Å². The maximum absolute atomic E-state index is 12.7. The molecule has 1 aliphatic rings. The Bertz CT molecular complexity index is 918.